The number of carboxylic acid groups (broad SMARTS) is 1. The molecule has 0 unspecified atom stereocenters. The summed E-state index contributed by atoms with van der Waals surface area (Å²) in [4.78, 5) is 14.8. The standard InChI is InChI=1S/C23H19Br2NO3/c24-20-13-17(6-8-22(27)28)14-21(25)23(20)29-15-19-4-2-1-3-18(19)7-5-16-9-11-26-12-10-16/h1-5,7,9-14H,6,8,15H2,(H,27,28). The van der Waals surface area contributed by atoms with Gasteiger partial charge >= 0.3 is 5.97 Å². The van der Waals surface area contributed by atoms with Crippen LogP contribution in [0.25, 0.3) is 12.2 Å². The van der Waals surface area contributed by atoms with Gasteiger partial charge in [-0.3, -0.25) is 9.78 Å². The number of hydrogen-bond donors (Lipinski definition) is 1. The molecular formula is C23H19Br2NO3. The van der Waals surface area contributed by atoms with Gasteiger partial charge in [-0.1, -0.05) is 36.4 Å². The number of halogens is 2. The molecule has 3 rings (SSSR count). The summed E-state index contributed by atoms with van der Waals surface area (Å²) in [7, 11) is 0. The van der Waals surface area contributed by atoms with Crippen LogP contribution in [0, 0.1) is 0 Å². The predicted octanol–water partition coefficient (Wildman–Crippen LogP) is 6.37. The Kier molecular flexibility index (Phi) is 7.61. The predicted molar refractivity (Wildman–Crippen MR) is 122 cm³/mol. The van der Waals surface area contributed by atoms with Crippen LogP contribution >= 0.6 is 31.9 Å². The molecule has 6 heteroatoms. The fourth-order valence-electron chi connectivity index (χ4n) is 2.78. The third-order valence-corrected chi connectivity index (χ3v) is 5.45. The Morgan fingerprint density at radius 2 is 1.72 bits per heavy atom. The minimum absolute atomic E-state index is 0.0935. The van der Waals surface area contributed by atoms with Crippen molar-refractivity contribution in [3.05, 3.63) is 92.1 Å². The van der Waals surface area contributed by atoms with Crippen LogP contribution < -0.4 is 4.74 Å². The molecule has 0 saturated heterocycles. The Morgan fingerprint density at radius 3 is 2.41 bits per heavy atom. The zero-order valence-electron chi connectivity index (χ0n) is 15.5. The summed E-state index contributed by atoms with van der Waals surface area (Å²) in [6.45, 7) is 0.405. The lowest BCUT2D eigenvalue weighted by molar-refractivity contribution is -0.136. The zero-order valence-corrected chi connectivity index (χ0v) is 18.7. The van der Waals surface area contributed by atoms with E-state index in [9.17, 15) is 4.79 Å². The molecule has 4 nitrogen and oxygen atoms in total. The molecule has 148 valence electrons. The highest BCUT2D eigenvalue weighted by Crippen LogP contribution is 2.36. The van der Waals surface area contributed by atoms with E-state index in [4.69, 9.17) is 9.84 Å². The minimum atomic E-state index is -0.811. The molecule has 0 aliphatic rings. The molecule has 1 heterocycles. The molecular weight excluding hydrogens is 498 g/mol. The number of carboxylic acids is 1. The van der Waals surface area contributed by atoms with Crippen molar-refractivity contribution in [3.63, 3.8) is 0 Å². The molecule has 0 saturated carbocycles. The lowest BCUT2D eigenvalue weighted by Crippen LogP contribution is -2.01. The summed E-state index contributed by atoms with van der Waals surface area (Å²) in [5, 5.41) is 8.86. The lowest BCUT2D eigenvalue weighted by Gasteiger charge is -2.13. The fourth-order valence-corrected chi connectivity index (χ4v) is 4.29. The van der Waals surface area contributed by atoms with Crippen LogP contribution in [0.15, 0.2) is 69.9 Å². The number of aliphatic carboxylic acids is 1. The molecule has 0 aliphatic heterocycles. The van der Waals surface area contributed by atoms with Crippen molar-refractivity contribution in [1.29, 1.82) is 0 Å². The molecule has 0 aliphatic carbocycles. The number of aromatic nitrogens is 1. The molecule has 0 spiro atoms. The van der Waals surface area contributed by atoms with Crippen molar-refractivity contribution in [2.24, 2.45) is 0 Å². The largest absolute Gasteiger partial charge is 0.487 e. The van der Waals surface area contributed by atoms with Gasteiger partial charge in [0, 0.05) is 18.8 Å². The highest BCUT2D eigenvalue weighted by molar-refractivity contribution is 9.11. The SMILES string of the molecule is O=C(O)CCc1cc(Br)c(OCc2ccccc2C=Cc2ccncc2)c(Br)c1. The first-order valence-electron chi connectivity index (χ1n) is 9.01. The topological polar surface area (TPSA) is 59.4 Å². The van der Waals surface area contributed by atoms with Crippen LogP contribution in [0.2, 0.25) is 0 Å². The van der Waals surface area contributed by atoms with Crippen LogP contribution in [0.5, 0.6) is 5.75 Å². The molecule has 0 atom stereocenters. The van der Waals surface area contributed by atoms with E-state index in [-0.39, 0.29) is 6.42 Å². The van der Waals surface area contributed by atoms with Gasteiger partial charge in [0.25, 0.3) is 0 Å². The third-order valence-electron chi connectivity index (χ3n) is 4.27. The maximum atomic E-state index is 10.8. The Bertz CT molecular complexity index is 997. The quantitative estimate of drug-likeness (QED) is 0.377. The maximum absolute atomic E-state index is 10.8. The van der Waals surface area contributed by atoms with Gasteiger partial charge in [0.2, 0.25) is 0 Å². The van der Waals surface area contributed by atoms with E-state index in [1.807, 2.05) is 48.5 Å². The number of aryl methyl sites for hydroxylation is 1. The number of benzene rings is 2. The summed E-state index contributed by atoms with van der Waals surface area (Å²) < 4.78 is 7.65. The van der Waals surface area contributed by atoms with Gasteiger partial charge in [-0.05, 0) is 84.8 Å². The van der Waals surface area contributed by atoms with Crippen LogP contribution in [0.4, 0.5) is 0 Å². The number of rotatable bonds is 8. The molecule has 0 amide bonds. The number of ether oxygens (including phenoxy) is 1. The van der Waals surface area contributed by atoms with E-state index in [2.05, 4.69) is 49.0 Å². The first-order valence-corrected chi connectivity index (χ1v) is 10.6. The second-order valence-corrected chi connectivity index (χ2v) is 8.09. The van der Waals surface area contributed by atoms with E-state index < -0.39 is 5.97 Å². The number of hydrogen-bond acceptors (Lipinski definition) is 3. The summed E-state index contributed by atoms with van der Waals surface area (Å²) in [6.07, 6.45) is 8.20. The van der Waals surface area contributed by atoms with Crippen molar-refractivity contribution in [2.45, 2.75) is 19.4 Å². The average molecular weight is 517 g/mol. The van der Waals surface area contributed by atoms with Crippen LogP contribution in [-0.4, -0.2) is 16.1 Å². The molecule has 0 radical (unpaired) electrons. The summed E-state index contributed by atoms with van der Waals surface area (Å²) in [6, 6.07) is 15.8. The first-order chi connectivity index (χ1) is 14.0. The van der Waals surface area contributed by atoms with Crippen molar-refractivity contribution < 1.29 is 14.6 Å². The zero-order chi connectivity index (χ0) is 20.6. The Hall–Kier alpha value is -2.44. The van der Waals surface area contributed by atoms with Gasteiger partial charge in [-0.2, -0.15) is 0 Å². The fraction of sp³-hybridized carbons (Fsp3) is 0.130. The van der Waals surface area contributed by atoms with E-state index in [0.717, 1.165) is 31.2 Å². The van der Waals surface area contributed by atoms with Gasteiger partial charge in [-0.25, -0.2) is 0 Å². The lowest BCUT2D eigenvalue weighted by atomic mass is 10.1. The molecule has 29 heavy (non-hydrogen) atoms. The van der Waals surface area contributed by atoms with Crippen LogP contribution in [-0.2, 0) is 17.8 Å². The van der Waals surface area contributed by atoms with E-state index in [1.54, 1.807) is 12.4 Å². The molecule has 3 aromatic rings. The Morgan fingerprint density at radius 1 is 1.03 bits per heavy atom. The van der Waals surface area contributed by atoms with E-state index in [1.165, 1.54) is 0 Å². The molecule has 0 bridgehead atoms. The number of carbonyl (C=O) groups is 1. The van der Waals surface area contributed by atoms with Crippen LogP contribution in [0.3, 0.4) is 0 Å². The molecule has 2 aromatic carbocycles. The summed E-state index contributed by atoms with van der Waals surface area (Å²) in [5.74, 6) is -0.119. The van der Waals surface area contributed by atoms with Crippen molar-refractivity contribution in [2.75, 3.05) is 0 Å². The highest BCUT2D eigenvalue weighted by atomic mass is 79.9. The number of nitrogens with zero attached hydrogens (tertiary/aromatic N) is 1. The Labute approximate surface area is 186 Å². The van der Waals surface area contributed by atoms with Gasteiger partial charge in [0.05, 0.1) is 8.95 Å². The minimum Gasteiger partial charge on any atom is -0.487 e. The van der Waals surface area contributed by atoms with Crippen molar-refractivity contribution in [1.82, 2.24) is 4.98 Å². The van der Waals surface area contributed by atoms with Crippen molar-refractivity contribution >= 4 is 50.0 Å². The number of pyridine rings is 1. The third kappa shape index (κ3) is 6.27. The second-order valence-electron chi connectivity index (χ2n) is 6.38. The molecule has 1 N–H and O–H groups in total. The average Bonchev–Trinajstić information content (AvgIpc) is 2.71. The van der Waals surface area contributed by atoms with Gasteiger partial charge < -0.3 is 9.84 Å². The smallest absolute Gasteiger partial charge is 0.303 e. The van der Waals surface area contributed by atoms with E-state index >= 15 is 0 Å². The first kappa shape index (κ1) is 21.3. The van der Waals surface area contributed by atoms with Crippen LogP contribution in [0.1, 0.15) is 28.7 Å². The van der Waals surface area contributed by atoms with E-state index in [0.29, 0.717) is 18.8 Å². The summed E-state index contributed by atoms with van der Waals surface area (Å²) >= 11 is 7.07. The van der Waals surface area contributed by atoms with Gasteiger partial charge in [-0.15, -0.1) is 0 Å². The maximum Gasteiger partial charge on any atom is 0.303 e. The monoisotopic (exact) mass is 515 g/mol. The summed E-state index contributed by atoms with van der Waals surface area (Å²) in [5.41, 5.74) is 4.15. The van der Waals surface area contributed by atoms with Gasteiger partial charge in [0.1, 0.15) is 12.4 Å². The van der Waals surface area contributed by atoms with Gasteiger partial charge in [0.15, 0.2) is 0 Å². The second kappa shape index (κ2) is 10.4. The molecule has 0 fully saturated rings. The normalized spacial score (nSPS) is 11.0. The Balaban J connectivity index is 1.73. The molecule has 1 aromatic heterocycles. The highest BCUT2D eigenvalue weighted by Gasteiger charge is 2.11. The van der Waals surface area contributed by atoms with Crippen molar-refractivity contribution in [3.8, 4) is 5.75 Å².